The molecule has 2 aromatic rings. The van der Waals surface area contributed by atoms with Crippen LogP contribution in [0.5, 0.6) is 0 Å². The van der Waals surface area contributed by atoms with Crippen molar-refractivity contribution in [3.05, 3.63) is 77.2 Å². The molecule has 3 rings (SSSR count). The molecule has 0 saturated heterocycles. The van der Waals surface area contributed by atoms with Crippen LogP contribution in [0, 0.1) is 0 Å². The number of ketones is 1. The molecule has 0 N–H and O–H groups in total. The highest BCUT2D eigenvalue weighted by molar-refractivity contribution is 6.08. The van der Waals surface area contributed by atoms with Gasteiger partial charge in [0.15, 0.2) is 11.4 Å². The molecular formula is C19H16O4. The minimum Gasteiger partial charge on any atom is -0.452 e. The second-order valence-electron chi connectivity index (χ2n) is 5.31. The molecule has 0 radical (unpaired) electrons. The summed E-state index contributed by atoms with van der Waals surface area (Å²) in [6.07, 6.45) is 6.66. The van der Waals surface area contributed by atoms with Crippen molar-refractivity contribution < 1.29 is 13.9 Å². The maximum Gasteiger partial charge on any atom is 0.234 e. The number of para-hydroxylation sites is 1. The van der Waals surface area contributed by atoms with Crippen molar-refractivity contribution >= 4 is 22.8 Å². The Hall–Kier alpha value is -2.72. The number of carbonyl (C=O) groups excluding carboxylic acids is 1. The third kappa shape index (κ3) is 2.37. The SMILES string of the molecule is C=CCOC1(CC=C)C=Cc2c(oc3ccccc3c2=O)C1=O. The molecule has 0 saturated carbocycles. The molecule has 0 bridgehead atoms. The number of ether oxygens (including phenoxy) is 1. The van der Waals surface area contributed by atoms with Crippen LogP contribution in [0.1, 0.15) is 22.5 Å². The maximum absolute atomic E-state index is 12.9. The minimum atomic E-state index is -1.21. The van der Waals surface area contributed by atoms with Gasteiger partial charge in [0.2, 0.25) is 11.2 Å². The second kappa shape index (κ2) is 5.82. The van der Waals surface area contributed by atoms with E-state index < -0.39 is 5.60 Å². The number of carbonyl (C=O) groups is 1. The molecule has 1 aliphatic rings. The topological polar surface area (TPSA) is 56.5 Å². The predicted octanol–water partition coefficient (Wildman–Crippen LogP) is 3.52. The third-order valence-electron chi connectivity index (χ3n) is 3.85. The van der Waals surface area contributed by atoms with Crippen molar-refractivity contribution in [3.8, 4) is 0 Å². The lowest BCUT2D eigenvalue weighted by molar-refractivity contribution is 0.0130. The monoisotopic (exact) mass is 308 g/mol. The van der Waals surface area contributed by atoms with Crippen LogP contribution in [-0.2, 0) is 4.74 Å². The van der Waals surface area contributed by atoms with E-state index in [0.29, 0.717) is 11.0 Å². The lowest BCUT2D eigenvalue weighted by Gasteiger charge is -2.30. The zero-order chi connectivity index (χ0) is 16.4. The molecule has 0 spiro atoms. The fourth-order valence-corrected chi connectivity index (χ4v) is 2.72. The summed E-state index contributed by atoms with van der Waals surface area (Å²) in [5, 5.41) is 0.451. The highest BCUT2D eigenvalue weighted by Crippen LogP contribution is 2.32. The number of benzene rings is 1. The van der Waals surface area contributed by atoms with Crippen LogP contribution in [-0.4, -0.2) is 18.0 Å². The van der Waals surface area contributed by atoms with Crippen LogP contribution in [0.15, 0.2) is 64.9 Å². The van der Waals surface area contributed by atoms with Gasteiger partial charge in [0.05, 0.1) is 17.6 Å². The van der Waals surface area contributed by atoms with E-state index in [0.717, 1.165) is 0 Å². The van der Waals surface area contributed by atoms with Gasteiger partial charge in [-0.1, -0.05) is 24.3 Å². The van der Waals surface area contributed by atoms with E-state index in [4.69, 9.17) is 9.15 Å². The number of hydrogen-bond donors (Lipinski definition) is 0. The van der Waals surface area contributed by atoms with E-state index in [1.54, 1.807) is 48.6 Å². The molecule has 116 valence electrons. The van der Waals surface area contributed by atoms with Crippen LogP contribution in [0.3, 0.4) is 0 Å². The zero-order valence-electron chi connectivity index (χ0n) is 12.6. The Bertz CT molecular complexity index is 888. The van der Waals surface area contributed by atoms with Gasteiger partial charge < -0.3 is 9.15 Å². The largest absolute Gasteiger partial charge is 0.452 e. The molecule has 0 amide bonds. The summed E-state index contributed by atoms with van der Waals surface area (Å²) in [5.41, 5.74) is -0.782. The lowest BCUT2D eigenvalue weighted by atomic mass is 9.85. The van der Waals surface area contributed by atoms with Crippen LogP contribution < -0.4 is 5.43 Å². The molecule has 23 heavy (non-hydrogen) atoms. The van der Waals surface area contributed by atoms with Crippen molar-refractivity contribution in [2.45, 2.75) is 12.0 Å². The molecule has 4 heteroatoms. The summed E-state index contributed by atoms with van der Waals surface area (Å²) < 4.78 is 11.4. The summed E-state index contributed by atoms with van der Waals surface area (Å²) in [4.78, 5) is 25.5. The predicted molar refractivity (Wildman–Crippen MR) is 89.5 cm³/mol. The Labute approximate surface area is 133 Å². The van der Waals surface area contributed by atoms with E-state index in [9.17, 15) is 9.59 Å². The zero-order valence-corrected chi connectivity index (χ0v) is 12.6. The Morgan fingerprint density at radius 2 is 1.96 bits per heavy atom. The van der Waals surface area contributed by atoms with E-state index >= 15 is 0 Å². The molecule has 1 atom stereocenters. The fraction of sp³-hybridized carbons (Fsp3) is 0.158. The summed E-state index contributed by atoms with van der Waals surface area (Å²) in [6.45, 7) is 7.49. The first-order chi connectivity index (χ1) is 11.1. The quantitative estimate of drug-likeness (QED) is 0.793. The fourth-order valence-electron chi connectivity index (χ4n) is 2.72. The third-order valence-corrected chi connectivity index (χ3v) is 3.85. The standard InChI is InChI=1S/C19H16O4/c1-3-10-19(22-12-4-2)11-9-14-16(20)13-7-5-6-8-15(13)23-17(14)18(19)21/h3-9,11H,1-2,10,12H2. The second-order valence-corrected chi connectivity index (χ2v) is 5.31. The minimum absolute atomic E-state index is 0.0297. The Morgan fingerprint density at radius 3 is 2.70 bits per heavy atom. The summed E-state index contributed by atoms with van der Waals surface area (Å²) in [5.74, 6) is -0.346. The highest BCUT2D eigenvalue weighted by Gasteiger charge is 2.42. The summed E-state index contributed by atoms with van der Waals surface area (Å²) in [7, 11) is 0. The van der Waals surface area contributed by atoms with E-state index in [2.05, 4.69) is 13.2 Å². The van der Waals surface area contributed by atoms with Crippen molar-refractivity contribution in [2.75, 3.05) is 6.61 Å². The van der Waals surface area contributed by atoms with Gasteiger partial charge in [-0.2, -0.15) is 0 Å². The lowest BCUT2D eigenvalue weighted by Crippen LogP contribution is -2.42. The van der Waals surface area contributed by atoms with Gasteiger partial charge in [-0.25, -0.2) is 0 Å². The summed E-state index contributed by atoms with van der Waals surface area (Å²) >= 11 is 0. The van der Waals surface area contributed by atoms with Gasteiger partial charge in [0, 0.05) is 6.42 Å². The normalized spacial score (nSPS) is 19.6. The van der Waals surface area contributed by atoms with Gasteiger partial charge in [-0.15, -0.1) is 13.2 Å². The highest BCUT2D eigenvalue weighted by atomic mass is 16.5. The Balaban J connectivity index is 2.21. The number of Topliss-reactive ketones (excluding diaryl/α,β-unsaturated/α-hetero) is 1. The first-order valence-corrected chi connectivity index (χ1v) is 7.28. The molecule has 1 unspecified atom stereocenters. The molecule has 4 nitrogen and oxygen atoms in total. The number of rotatable bonds is 5. The van der Waals surface area contributed by atoms with Crippen LogP contribution in [0.25, 0.3) is 17.0 Å². The average molecular weight is 308 g/mol. The van der Waals surface area contributed by atoms with Gasteiger partial charge in [-0.05, 0) is 24.3 Å². The smallest absolute Gasteiger partial charge is 0.234 e. The Kier molecular flexibility index (Phi) is 3.84. The molecule has 1 heterocycles. The van der Waals surface area contributed by atoms with Crippen LogP contribution in [0.2, 0.25) is 0 Å². The maximum atomic E-state index is 12.9. The van der Waals surface area contributed by atoms with Gasteiger partial charge in [0.1, 0.15) is 5.58 Å². The summed E-state index contributed by atoms with van der Waals surface area (Å²) in [6, 6.07) is 6.86. The van der Waals surface area contributed by atoms with E-state index in [1.165, 1.54) is 0 Å². The van der Waals surface area contributed by atoms with E-state index in [-0.39, 0.29) is 35.6 Å². The molecule has 0 fully saturated rings. The first-order valence-electron chi connectivity index (χ1n) is 7.28. The number of hydrogen-bond acceptors (Lipinski definition) is 4. The van der Waals surface area contributed by atoms with Crippen molar-refractivity contribution in [3.63, 3.8) is 0 Å². The van der Waals surface area contributed by atoms with E-state index in [1.807, 2.05) is 0 Å². The van der Waals surface area contributed by atoms with Gasteiger partial charge in [-0.3, -0.25) is 9.59 Å². The average Bonchev–Trinajstić information content (AvgIpc) is 2.57. The van der Waals surface area contributed by atoms with Crippen LogP contribution >= 0.6 is 0 Å². The first kappa shape index (κ1) is 15.2. The molecule has 1 aromatic heterocycles. The van der Waals surface area contributed by atoms with Crippen LogP contribution in [0.4, 0.5) is 0 Å². The Morgan fingerprint density at radius 1 is 1.17 bits per heavy atom. The van der Waals surface area contributed by atoms with Crippen molar-refractivity contribution in [1.82, 2.24) is 0 Å². The number of fused-ring (bicyclic) bond motifs is 2. The van der Waals surface area contributed by atoms with Gasteiger partial charge >= 0.3 is 0 Å². The molecule has 0 aliphatic heterocycles. The van der Waals surface area contributed by atoms with Gasteiger partial charge in [0.25, 0.3) is 0 Å². The van der Waals surface area contributed by atoms with Crippen molar-refractivity contribution in [2.24, 2.45) is 0 Å². The molecule has 1 aliphatic carbocycles. The molecule has 1 aromatic carbocycles. The molecular weight excluding hydrogens is 292 g/mol. The van der Waals surface area contributed by atoms with Crippen molar-refractivity contribution in [1.29, 1.82) is 0 Å².